The smallest absolute Gasteiger partial charge is 0.239 e. The number of carbonyl (C=O) groups excluding carboxylic acids is 1. The van der Waals surface area contributed by atoms with E-state index in [1.54, 1.807) is 6.20 Å². The number of anilines is 1. The summed E-state index contributed by atoms with van der Waals surface area (Å²) < 4.78 is 11.5. The summed E-state index contributed by atoms with van der Waals surface area (Å²) in [6.45, 7) is 1.31. The van der Waals surface area contributed by atoms with Crippen molar-refractivity contribution in [2.45, 2.75) is 18.9 Å². The Morgan fingerprint density at radius 2 is 2.12 bits per heavy atom. The van der Waals surface area contributed by atoms with Crippen molar-refractivity contribution in [3.8, 4) is 16.9 Å². The third-order valence-corrected chi connectivity index (χ3v) is 5.30. The molecule has 0 aliphatic carbocycles. The van der Waals surface area contributed by atoms with E-state index in [0.717, 1.165) is 40.6 Å². The lowest BCUT2D eigenvalue weighted by Gasteiger charge is -2.24. The van der Waals surface area contributed by atoms with Crippen LogP contribution in [0, 0.1) is 0 Å². The second-order valence-corrected chi connectivity index (χ2v) is 7.56. The van der Waals surface area contributed by atoms with E-state index in [1.165, 1.54) is 12.4 Å². The molecule has 32 heavy (non-hydrogen) atoms. The van der Waals surface area contributed by atoms with Crippen LogP contribution < -0.4 is 21.9 Å². The molecule has 0 atom stereocenters. The minimum Gasteiger partial charge on any atom is -0.488 e. The minimum atomic E-state index is -0.513. The number of hydrogen-bond donors (Lipinski definition) is 4. The van der Waals surface area contributed by atoms with Gasteiger partial charge in [-0.1, -0.05) is 6.07 Å². The maximum Gasteiger partial charge on any atom is 0.239 e. The molecule has 1 aliphatic rings. The van der Waals surface area contributed by atoms with E-state index in [1.807, 2.05) is 30.5 Å². The Labute approximate surface area is 185 Å². The molecule has 4 rings (SSSR count). The first-order chi connectivity index (χ1) is 15.5. The van der Waals surface area contributed by atoms with Crippen molar-refractivity contribution < 1.29 is 14.3 Å². The lowest BCUT2D eigenvalue weighted by Crippen LogP contribution is -2.26. The molecule has 1 aliphatic heterocycles. The van der Waals surface area contributed by atoms with Crippen LogP contribution in [0.15, 0.2) is 47.9 Å². The number of aromatic amines is 1. The molecule has 1 fully saturated rings. The fourth-order valence-corrected chi connectivity index (χ4v) is 3.64. The van der Waals surface area contributed by atoms with Crippen LogP contribution in [0.1, 0.15) is 18.4 Å². The highest BCUT2D eigenvalue weighted by molar-refractivity contribution is 6.11. The molecular weight excluding hydrogens is 408 g/mol. The normalized spacial score (nSPS) is 15.4. The van der Waals surface area contributed by atoms with Gasteiger partial charge in [0.15, 0.2) is 0 Å². The first kappa shape index (κ1) is 21.4. The number of ether oxygens (including phenoxy) is 2. The molecule has 7 N–H and O–H groups in total. The lowest BCUT2D eigenvalue weighted by molar-refractivity contribution is -0.116. The number of pyridine rings is 1. The number of aliphatic imine (C=N–C) groups is 1. The van der Waals surface area contributed by atoms with Gasteiger partial charge in [0.2, 0.25) is 5.91 Å². The number of H-pyrrole nitrogens is 1. The molecule has 1 amide bonds. The number of nitrogens with two attached hydrogens (primary N) is 3. The van der Waals surface area contributed by atoms with Crippen molar-refractivity contribution in [2.75, 3.05) is 25.5 Å². The van der Waals surface area contributed by atoms with Gasteiger partial charge in [0.05, 0.1) is 18.9 Å². The predicted octanol–water partition coefficient (Wildman–Crippen LogP) is 2.23. The Hall–Kier alpha value is -3.85. The van der Waals surface area contributed by atoms with Gasteiger partial charge in [0, 0.05) is 59.7 Å². The van der Waals surface area contributed by atoms with E-state index in [-0.39, 0.29) is 12.6 Å². The van der Waals surface area contributed by atoms with E-state index in [9.17, 15) is 4.79 Å². The Balaban J connectivity index is 1.61. The van der Waals surface area contributed by atoms with Gasteiger partial charge >= 0.3 is 0 Å². The number of aromatic nitrogens is 2. The van der Waals surface area contributed by atoms with Gasteiger partial charge in [0.1, 0.15) is 24.0 Å². The van der Waals surface area contributed by atoms with Crippen LogP contribution in [-0.4, -0.2) is 48.0 Å². The summed E-state index contributed by atoms with van der Waals surface area (Å²) in [6, 6.07) is 7.75. The van der Waals surface area contributed by atoms with Crippen LogP contribution in [0.5, 0.6) is 5.75 Å². The molecule has 0 unspecified atom stereocenters. The maximum absolute atomic E-state index is 10.9. The third-order valence-electron chi connectivity index (χ3n) is 5.30. The summed E-state index contributed by atoms with van der Waals surface area (Å²) in [5.74, 6) is 0.166. The molecule has 3 heterocycles. The number of primary amides is 1. The average molecular weight is 435 g/mol. The second-order valence-electron chi connectivity index (χ2n) is 7.56. The van der Waals surface area contributed by atoms with Gasteiger partial charge in [-0.25, -0.2) is 4.98 Å². The minimum absolute atomic E-state index is 0.107. The monoisotopic (exact) mass is 434 g/mol. The molecular formula is C23H26N6O3. The van der Waals surface area contributed by atoms with Crippen LogP contribution in [-0.2, 0) is 9.53 Å². The van der Waals surface area contributed by atoms with Crippen LogP contribution >= 0.6 is 0 Å². The number of carbonyl (C=O) groups is 1. The summed E-state index contributed by atoms with van der Waals surface area (Å²) >= 11 is 0. The fourth-order valence-electron chi connectivity index (χ4n) is 3.64. The average Bonchev–Trinajstić information content (AvgIpc) is 3.22. The number of hydrogen-bond acceptors (Lipinski definition) is 7. The highest BCUT2D eigenvalue weighted by atomic mass is 16.5. The van der Waals surface area contributed by atoms with Gasteiger partial charge < -0.3 is 31.7 Å². The van der Waals surface area contributed by atoms with E-state index >= 15 is 0 Å². The van der Waals surface area contributed by atoms with Crippen molar-refractivity contribution in [3.05, 3.63) is 48.4 Å². The molecule has 166 valence electrons. The van der Waals surface area contributed by atoms with E-state index in [4.69, 9.17) is 26.7 Å². The van der Waals surface area contributed by atoms with Crippen LogP contribution in [0.25, 0.3) is 27.7 Å². The molecule has 0 bridgehead atoms. The van der Waals surface area contributed by atoms with Crippen molar-refractivity contribution in [2.24, 2.45) is 16.5 Å². The number of nitrogens with zero attached hydrogens (tertiary/aromatic N) is 2. The predicted molar refractivity (Wildman–Crippen MR) is 125 cm³/mol. The number of nitrogens with one attached hydrogen (secondary N) is 1. The van der Waals surface area contributed by atoms with E-state index in [0.29, 0.717) is 30.2 Å². The summed E-state index contributed by atoms with van der Waals surface area (Å²) in [7, 11) is 0. The largest absolute Gasteiger partial charge is 0.488 e. The molecule has 9 heteroatoms. The van der Waals surface area contributed by atoms with Gasteiger partial charge in [0.25, 0.3) is 0 Å². The molecule has 0 saturated carbocycles. The van der Waals surface area contributed by atoms with Crippen LogP contribution in [0.4, 0.5) is 5.69 Å². The van der Waals surface area contributed by atoms with Crippen molar-refractivity contribution in [1.82, 2.24) is 9.97 Å². The zero-order valence-electron chi connectivity index (χ0n) is 17.6. The second kappa shape index (κ2) is 9.52. The first-order valence-corrected chi connectivity index (χ1v) is 10.4. The molecule has 1 saturated heterocycles. The molecule has 2 aromatic heterocycles. The molecule has 9 nitrogen and oxygen atoms in total. The summed E-state index contributed by atoms with van der Waals surface area (Å²) in [4.78, 5) is 22.6. The molecule has 3 aromatic rings. The van der Waals surface area contributed by atoms with Crippen molar-refractivity contribution >= 4 is 34.4 Å². The highest BCUT2D eigenvalue weighted by Gasteiger charge is 2.17. The Morgan fingerprint density at radius 3 is 2.84 bits per heavy atom. The molecule has 0 spiro atoms. The first-order valence-electron chi connectivity index (χ1n) is 10.4. The van der Waals surface area contributed by atoms with Gasteiger partial charge in [-0.3, -0.25) is 9.79 Å². The Kier molecular flexibility index (Phi) is 6.37. The zero-order valence-corrected chi connectivity index (χ0v) is 17.6. The number of benzene rings is 1. The Morgan fingerprint density at radius 1 is 1.31 bits per heavy atom. The maximum atomic E-state index is 10.9. The lowest BCUT2D eigenvalue weighted by atomic mass is 10.0. The van der Waals surface area contributed by atoms with Gasteiger partial charge in [-0.05, 0) is 23.8 Å². The summed E-state index contributed by atoms with van der Waals surface area (Å²) in [5.41, 5.74) is 21.8. The van der Waals surface area contributed by atoms with Crippen LogP contribution in [0.2, 0.25) is 0 Å². The number of amides is 1. The fraction of sp³-hybridized carbons (Fsp3) is 0.261. The summed E-state index contributed by atoms with van der Waals surface area (Å²) in [5, 5.41) is 0.905. The topological polar surface area (TPSA) is 155 Å². The highest BCUT2D eigenvalue weighted by Crippen LogP contribution is 2.34. The number of allylic oxidation sites excluding steroid dienone is 1. The Bertz CT molecular complexity index is 1180. The zero-order chi connectivity index (χ0) is 22.5. The SMILES string of the molecule is NC=C(C=NCC(N)=O)c1cnc2[nH]cc(-c3ccc(OC4CCOCC4)c(N)c3)c2c1. The number of nitrogen functional groups attached to an aromatic ring is 1. The molecule has 1 aromatic carbocycles. The van der Waals surface area contributed by atoms with E-state index < -0.39 is 5.91 Å². The van der Waals surface area contributed by atoms with Gasteiger partial charge in [-0.2, -0.15) is 0 Å². The van der Waals surface area contributed by atoms with Crippen molar-refractivity contribution in [1.29, 1.82) is 0 Å². The molecule has 0 radical (unpaired) electrons. The third kappa shape index (κ3) is 4.73. The number of fused-ring (bicyclic) bond motifs is 1. The van der Waals surface area contributed by atoms with Gasteiger partial charge in [-0.15, -0.1) is 0 Å². The van der Waals surface area contributed by atoms with E-state index in [2.05, 4.69) is 15.0 Å². The van der Waals surface area contributed by atoms with Crippen LogP contribution in [0.3, 0.4) is 0 Å². The van der Waals surface area contributed by atoms with Crippen molar-refractivity contribution in [3.63, 3.8) is 0 Å². The quantitative estimate of drug-likeness (QED) is 0.330. The summed E-state index contributed by atoms with van der Waals surface area (Å²) in [6.07, 6.45) is 8.35. The standard InChI is InChI=1S/C23H26N6O3/c24-9-16(10-27-13-22(26)30)15-7-18-19(12-29-23(18)28-11-15)14-1-2-21(20(25)8-14)32-17-3-5-31-6-4-17/h1-2,7-12,17H,3-6,13,24-25H2,(H2,26,30)(H,28,29). The number of rotatable bonds is 7.